The molecule has 6 nitrogen and oxygen atoms in total. The van der Waals surface area contributed by atoms with Crippen LogP contribution in [0.5, 0.6) is 0 Å². The maximum atomic E-state index is 11.8. The molecule has 0 bridgehead atoms. The number of hydrogen-bond donors (Lipinski definition) is 2. The Hall–Kier alpha value is -0.920. The number of aryl methyl sites for hydroxylation is 2. The van der Waals surface area contributed by atoms with E-state index in [2.05, 4.69) is 9.71 Å². The number of aliphatic hydroxyl groups is 1. The molecular formula is C10H19N3O3S. The molecule has 0 amide bonds. The van der Waals surface area contributed by atoms with E-state index in [-0.39, 0.29) is 11.6 Å². The molecule has 0 fully saturated rings. The van der Waals surface area contributed by atoms with Crippen molar-refractivity contribution in [2.75, 3.05) is 6.54 Å². The Morgan fingerprint density at radius 2 is 2.24 bits per heavy atom. The molecule has 1 rings (SSSR count). The highest BCUT2D eigenvalue weighted by atomic mass is 32.2. The van der Waals surface area contributed by atoms with Crippen LogP contribution in [-0.2, 0) is 16.6 Å². The summed E-state index contributed by atoms with van der Waals surface area (Å²) in [6.45, 7) is 6.03. The summed E-state index contributed by atoms with van der Waals surface area (Å²) in [5.41, 5.74) is 0. The summed E-state index contributed by atoms with van der Waals surface area (Å²) in [5.74, 6) is 0.671. The fourth-order valence-electron chi connectivity index (χ4n) is 1.38. The second-order valence-electron chi connectivity index (χ2n) is 4.02. The first-order valence-corrected chi connectivity index (χ1v) is 7.06. The molecule has 98 valence electrons. The Kier molecular flexibility index (Phi) is 4.67. The molecule has 0 aliphatic heterocycles. The van der Waals surface area contributed by atoms with Crippen molar-refractivity contribution in [1.82, 2.24) is 14.3 Å². The molecule has 0 radical (unpaired) electrons. The summed E-state index contributed by atoms with van der Waals surface area (Å²) >= 11 is 0. The molecule has 0 spiro atoms. The van der Waals surface area contributed by atoms with E-state index in [0.29, 0.717) is 5.82 Å². The Morgan fingerprint density at radius 1 is 1.59 bits per heavy atom. The summed E-state index contributed by atoms with van der Waals surface area (Å²) in [7, 11) is -3.62. The average molecular weight is 261 g/mol. The van der Waals surface area contributed by atoms with Gasteiger partial charge < -0.3 is 9.67 Å². The van der Waals surface area contributed by atoms with Gasteiger partial charge in [-0.2, -0.15) is 0 Å². The van der Waals surface area contributed by atoms with Crippen molar-refractivity contribution in [1.29, 1.82) is 0 Å². The van der Waals surface area contributed by atoms with Crippen LogP contribution >= 0.6 is 0 Å². The minimum Gasteiger partial charge on any atom is -0.392 e. The van der Waals surface area contributed by atoms with Crippen LogP contribution in [0.25, 0.3) is 0 Å². The van der Waals surface area contributed by atoms with Gasteiger partial charge >= 0.3 is 0 Å². The number of aromatic nitrogens is 2. The monoisotopic (exact) mass is 261 g/mol. The molecule has 17 heavy (non-hydrogen) atoms. The molecular weight excluding hydrogens is 242 g/mol. The van der Waals surface area contributed by atoms with Crippen molar-refractivity contribution in [3.8, 4) is 0 Å². The summed E-state index contributed by atoms with van der Waals surface area (Å²) < 4.78 is 27.7. The molecule has 0 aliphatic rings. The number of sulfonamides is 1. The zero-order valence-corrected chi connectivity index (χ0v) is 11.2. The number of nitrogens with one attached hydrogen (secondary N) is 1. The first-order valence-electron chi connectivity index (χ1n) is 5.58. The Labute approximate surface area is 102 Å². The van der Waals surface area contributed by atoms with Crippen molar-refractivity contribution >= 4 is 10.0 Å². The SMILES string of the molecule is CCCn1cc(S(=O)(=O)NC[C@H](C)O)nc1C. The molecule has 0 unspecified atom stereocenters. The first kappa shape index (κ1) is 14.1. The lowest BCUT2D eigenvalue weighted by Crippen LogP contribution is -2.30. The van der Waals surface area contributed by atoms with Crippen LogP contribution in [-0.4, -0.2) is 35.7 Å². The Morgan fingerprint density at radius 3 is 2.76 bits per heavy atom. The number of aliphatic hydroxyl groups excluding tert-OH is 1. The van der Waals surface area contributed by atoms with Crippen LogP contribution < -0.4 is 4.72 Å². The van der Waals surface area contributed by atoms with Crippen molar-refractivity contribution in [3.05, 3.63) is 12.0 Å². The summed E-state index contributed by atoms with van der Waals surface area (Å²) in [4.78, 5) is 4.01. The quantitative estimate of drug-likeness (QED) is 0.769. The zero-order valence-electron chi connectivity index (χ0n) is 10.3. The van der Waals surface area contributed by atoms with Gasteiger partial charge in [0.15, 0.2) is 5.03 Å². The van der Waals surface area contributed by atoms with Gasteiger partial charge in [-0.15, -0.1) is 0 Å². The zero-order chi connectivity index (χ0) is 13.1. The average Bonchev–Trinajstić information content (AvgIpc) is 2.59. The third-order valence-electron chi connectivity index (χ3n) is 2.26. The van der Waals surface area contributed by atoms with E-state index >= 15 is 0 Å². The third kappa shape index (κ3) is 3.79. The van der Waals surface area contributed by atoms with E-state index in [1.54, 1.807) is 11.5 Å². The minimum atomic E-state index is -3.62. The smallest absolute Gasteiger partial charge is 0.259 e. The molecule has 7 heteroatoms. The van der Waals surface area contributed by atoms with Gasteiger partial charge in [-0.25, -0.2) is 18.1 Å². The van der Waals surface area contributed by atoms with Crippen LogP contribution in [0.4, 0.5) is 0 Å². The second-order valence-corrected chi connectivity index (χ2v) is 5.73. The lowest BCUT2D eigenvalue weighted by molar-refractivity contribution is 0.198. The largest absolute Gasteiger partial charge is 0.392 e. The van der Waals surface area contributed by atoms with E-state index in [1.165, 1.54) is 13.1 Å². The van der Waals surface area contributed by atoms with Gasteiger partial charge in [0.05, 0.1) is 6.10 Å². The van der Waals surface area contributed by atoms with Crippen LogP contribution in [0.1, 0.15) is 26.1 Å². The lowest BCUT2D eigenvalue weighted by Gasteiger charge is -2.05. The van der Waals surface area contributed by atoms with E-state index in [4.69, 9.17) is 5.11 Å². The topological polar surface area (TPSA) is 84.2 Å². The Balaban J connectivity index is 2.88. The molecule has 1 heterocycles. The predicted molar refractivity (Wildman–Crippen MR) is 64.1 cm³/mol. The minimum absolute atomic E-state index is 0.00380. The Bertz CT molecular complexity index is 465. The number of rotatable bonds is 6. The summed E-state index contributed by atoms with van der Waals surface area (Å²) in [6.07, 6.45) is 1.71. The van der Waals surface area contributed by atoms with E-state index in [0.717, 1.165) is 13.0 Å². The van der Waals surface area contributed by atoms with Gasteiger partial charge in [-0.3, -0.25) is 0 Å². The fourth-order valence-corrected chi connectivity index (χ4v) is 2.51. The third-order valence-corrected chi connectivity index (χ3v) is 3.56. The number of hydrogen-bond acceptors (Lipinski definition) is 4. The molecule has 0 saturated heterocycles. The molecule has 0 aromatic carbocycles. The second kappa shape index (κ2) is 5.61. The van der Waals surface area contributed by atoms with E-state index < -0.39 is 16.1 Å². The summed E-state index contributed by atoms with van der Waals surface area (Å²) in [6, 6.07) is 0. The fraction of sp³-hybridized carbons (Fsp3) is 0.700. The molecule has 2 N–H and O–H groups in total. The van der Waals surface area contributed by atoms with Crippen molar-refractivity contribution < 1.29 is 13.5 Å². The highest BCUT2D eigenvalue weighted by molar-refractivity contribution is 7.89. The molecule has 0 aliphatic carbocycles. The number of nitrogens with zero attached hydrogens (tertiary/aromatic N) is 2. The maximum Gasteiger partial charge on any atom is 0.259 e. The van der Waals surface area contributed by atoms with Crippen molar-refractivity contribution in [3.63, 3.8) is 0 Å². The number of imidazole rings is 1. The van der Waals surface area contributed by atoms with Gasteiger partial charge in [0.1, 0.15) is 5.82 Å². The maximum absolute atomic E-state index is 11.8. The van der Waals surface area contributed by atoms with Gasteiger partial charge in [0.25, 0.3) is 10.0 Å². The highest BCUT2D eigenvalue weighted by Gasteiger charge is 2.19. The van der Waals surface area contributed by atoms with Gasteiger partial charge in [0, 0.05) is 19.3 Å². The van der Waals surface area contributed by atoms with Crippen molar-refractivity contribution in [2.24, 2.45) is 0 Å². The van der Waals surface area contributed by atoms with Crippen LogP contribution in [0.2, 0.25) is 0 Å². The molecule has 1 aromatic heterocycles. The van der Waals surface area contributed by atoms with Crippen LogP contribution in [0.3, 0.4) is 0 Å². The molecule has 0 saturated carbocycles. The standard InChI is InChI=1S/C10H19N3O3S/c1-4-5-13-7-10(12-9(13)3)17(15,16)11-6-8(2)14/h7-8,11,14H,4-6H2,1-3H3/t8-/m0/s1. The van der Waals surface area contributed by atoms with Crippen LogP contribution in [0.15, 0.2) is 11.2 Å². The molecule has 1 atom stereocenters. The van der Waals surface area contributed by atoms with Gasteiger partial charge in [0.2, 0.25) is 0 Å². The van der Waals surface area contributed by atoms with Gasteiger partial charge in [-0.1, -0.05) is 6.92 Å². The van der Waals surface area contributed by atoms with E-state index in [9.17, 15) is 8.42 Å². The molecule has 1 aromatic rings. The van der Waals surface area contributed by atoms with Crippen molar-refractivity contribution in [2.45, 2.75) is 44.9 Å². The first-order chi connectivity index (χ1) is 7.86. The summed E-state index contributed by atoms with van der Waals surface area (Å²) in [5, 5.41) is 9.06. The lowest BCUT2D eigenvalue weighted by atomic mass is 10.4. The van der Waals surface area contributed by atoms with E-state index in [1.807, 2.05) is 6.92 Å². The predicted octanol–water partition coefficient (Wildman–Crippen LogP) is 0.261. The normalized spacial score (nSPS) is 13.9. The van der Waals surface area contributed by atoms with Gasteiger partial charge in [-0.05, 0) is 20.3 Å². The van der Waals surface area contributed by atoms with Crippen LogP contribution in [0, 0.1) is 6.92 Å². The highest BCUT2D eigenvalue weighted by Crippen LogP contribution is 2.09.